The van der Waals surface area contributed by atoms with Gasteiger partial charge >= 0.3 is 0 Å². The van der Waals surface area contributed by atoms with E-state index >= 15 is 0 Å². The minimum Gasteiger partial charge on any atom is -0.394 e. The molecule has 11 heavy (non-hydrogen) atoms. The van der Waals surface area contributed by atoms with Gasteiger partial charge in [-0.3, -0.25) is 4.79 Å². The highest BCUT2D eigenvalue weighted by Gasteiger charge is 1.93. The predicted molar refractivity (Wildman–Crippen MR) is 44.6 cm³/mol. The number of nitrogens with one attached hydrogen (secondary N) is 3. The molecule has 62 valence electrons. The molecule has 0 rings (SSSR count). The molecule has 4 heteroatoms. The lowest BCUT2D eigenvalue weighted by atomic mass is 10.3. The van der Waals surface area contributed by atoms with Gasteiger partial charge in [-0.2, -0.15) is 0 Å². The van der Waals surface area contributed by atoms with Gasteiger partial charge in [0.05, 0.1) is 0 Å². The highest BCUT2D eigenvalue weighted by Crippen LogP contribution is 1.83. The molecule has 0 saturated carbocycles. The van der Waals surface area contributed by atoms with E-state index in [2.05, 4.69) is 10.6 Å². The molecule has 0 saturated heterocycles. The van der Waals surface area contributed by atoms with Crippen LogP contribution in [-0.2, 0) is 4.79 Å². The molecule has 0 aromatic heterocycles. The number of hydrogen-bond acceptors (Lipinski definition) is 3. The van der Waals surface area contributed by atoms with Crippen LogP contribution in [-0.4, -0.2) is 25.7 Å². The number of carbonyl (C=O) groups excluding carboxylic acids is 1. The molecule has 0 fully saturated rings. The molecule has 4 nitrogen and oxygen atoms in total. The summed E-state index contributed by atoms with van der Waals surface area (Å²) in [6.45, 7) is 1.85. The average Bonchev–Trinajstić information content (AvgIpc) is 1.97. The largest absolute Gasteiger partial charge is 0.394 e. The van der Waals surface area contributed by atoms with Crippen LogP contribution in [0.15, 0.2) is 11.8 Å². The Morgan fingerprint density at radius 3 is 2.64 bits per heavy atom. The van der Waals surface area contributed by atoms with Crippen molar-refractivity contribution in [1.29, 1.82) is 5.41 Å². The van der Waals surface area contributed by atoms with Gasteiger partial charge in [0.2, 0.25) is 5.91 Å². The lowest BCUT2D eigenvalue weighted by Gasteiger charge is -2.01. The Morgan fingerprint density at radius 2 is 2.27 bits per heavy atom. The fourth-order valence-electron chi connectivity index (χ4n) is 0.556. The van der Waals surface area contributed by atoms with E-state index in [1.807, 2.05) is 0 Å². The van der Waals surface area contributed by atoms with Crippen molar-refractivity contribution in [3.05, 3.63) is 11.8 Å². The number of amides is 1. The van der Waals surface area contributed by atoms with Crippen molar-refractivity contribution in [2.24, 2.45) is 0 Å². The standard InChI is InChI=1S/C7H13N3O/c1-6(11)10-5-7(3-8)4-9-2/h3-4,8-9H,5H2,1-2H3,(H,10,11)/b7-4+,8-3?. The lowest BCUT2D eigenvalue weighted by molar-refractivity contribution is -0.118. The van der Waals surface area contributed by atoms with Crippen molar-refractivity contribution in [1.82, 2.24) is 10.6 Å². The molecule has 0 unspecified atom stereocenters. The van der Waals surface area contributed by atoms with Crippen LogP contribution in [0.25, 0.3) is 0 Å². The molecule has 0 aromatic rings. The maximum absolute atomic E-state index is 10.4. The summed E-state index contributed by atoms with van der Waals surface area (Å²) in [5.74, 6) is -0.0890. The normalized spacial score (nSPS) is 10.5. The van der Waals surface area contributed by atoms with Gasteiger partial charge in [0.1, 0.15) is 0 Å². The molecule has 1 amide bonds. The van der Waals surface area contributed by atoms with E-state index < -0.39 is 0 Å². The van der Waals surface area contributed by atoms with E-state index in [4.69, 9.17) is 5.41 Å². The second kappa shape index (κ2) is 5.46. The lowest BCUT2D eigenvalue weighted by Crippen LogP contribution is -2.23. The highest BCUT2D eigenvalue weighted by molar-refractivity contribution is 5.79. The predicted octanol–water partition coefficient (Wildman–Crippen LogP) is -0.125. The summed E-state index contributed by atoms with van der Waals surface area (Å²) >= 11 is 0. The Labute approximate surface area is 66.2 Å². The average molecular weight is 155 g/mol. The van der Waals surface area contributed by atoms with Crippen LogP contribution in [0.5, 0.6) is 0 Å². The maximum atomic E-state index is 10.4. The first kappa shape index (κ1) is 9.68. The quantitative estimate of drug-likeness (QED) is 0.495. The van der Waals surface area contributed by atoms with Gasteiger partial charge in [0.15, 0.2) is 0 Å². The van der Waals surface area contributed by atoms with E-state index in [0.29, 0.717) is 6.54 Å². The van der Waals surface area contributed by atoms with E-state index in [1.54, 1.807) is 13.2 Å². The molecule has 0 aliphatic carbocycles. The van der Waals surface area contributed by atoms with Crippen LogP contribution < -0.4 is 10.6 Å². The molecule has 0 spiro atoms. The first-order chi connectivity index (χ1) is 5.20. The summed E-state index contributed by atoms with van der Waals surface area (Å²) in [6.07, 6.45) is 2.87. The van der Waals surface area contributed by atoms with E-state index in [-0.39, 0.29) is 5.91 Å². The van der Waals surface area contributed by atoms with Crippen LogP contribution in [0, 0.1) is 5.41 Å². The van der Waals surface area contributed by atoms with Crippen molar-refractivity contribution < 1.29 is 4.79 Å². The second-order valence-electron chi connectivity index (χ2n) is 2.06. The smallest absolute Gasteiger partial charge is 0.217 e. The van der Waals surface area contributed by atoms with Gasteiger partial charge in [0.25, 0.3) is 0 Å². The molecule has 0 aromatic carbocycles. The van der Waals surface area contributed by atoms with Crippen LogP contribution in [0.4, 0.5) is 0 Å². The van der Waals surface area contributed by atoms with Gasteiger partial charge in [0, 0.05) is 38.5 Å². The summed E-state index contributed by atoms with van der Waals surface area (Å²) in [5, 5.41) is 12.3. The number of carbonyl (C=O) groups is 1. The third-order valence-corrected chi connectivity index (χ3v) is 1.06. The zero-order valence-electron chi connectivity index (χ0n) is 6.77. The van der Waals surface area contributed by atoms with Gasteiger partial charge in [-0.25, -0.2) is 0 Å². The maximum Gasteiger partial charge on any atom is 0.217 e. The Morgan fingerprint density at radius 1 is 1.64 bits per heavy atom. The molecular weight excluding hydrogens is 142 g/mol. The Bertz CT molecular complexity index is 175. The Kier molecular flexibility index (Phi) is 4.81. The van der Waals surface area contributed by atoms with Gasteiger partial charge < -0.3 is 16.0 Å². The van der Waals surface area contributed by atoms with Crippen molar-refractivity contribution in [3.63, 3.8) is 0 Å². The molecule has 0 bridgehead atoms. The Balaban J connectivity index is 3.79. The second-order valence-corrected chi connectivity index (χ2v) is 2.06. The van der Waals surface area contributed by atoms with Crippen molar-refractivity contribution in [3.8, 4) is 0 Å². The zero-order chi connectivity index (χ0) is 8.69. The molecule has 0 radical (unpaired) electrons. The minimum absolute atomic E-state index is 0.0890. The fraction of sp³-hybridized carbons (Fsp3) is 0.429. The minimum atomic E-state index is -0.0890. The van der Waals surface area contributed by atoms with Gasteiger partial charge in [-0.1, -0.05) is 0 Å². The Hall–Kier alpha value is -1.32. The molecule has 3 N–H and O–H groups in total. The van der Waals surface area contributed by atoms with Crippen LogP contribution in [0.1, 0.15) is 6.92 Å². The van der Waals surface area contributed by atoms with Crippen LogP contribution >= 0.6 is 0 Å². The van der Waals surface area contributed by atoms with E-state index in [0.717, 1.165) is 5.57 Å². The van der Waals surface area contributed by atoms with Crippen molar-refractivity contribution in [2.75, 3.05) is 13.6 Å². The third kappa shape index (κ3) is 5.14. The SMILES string of the molecule is CN/C=C(\C=N)CNC(C)=O. The first-order valence-corrected chi connectivity index (χ1v) is 3.32. The van der Waals surface area contributed by atoms with Crippen LogP contribution in [0.3, 0.4) is 0 Å². The van der Waals surface area contributed by atoms with Crippen molar-refractivity contribution >= 4 is 12.1 Å². The molecule has 0 heterocycles. The van der Waals surface area contributed by atoms with Gasteiger partial charge in [-0.05, 0) is 0 Å². The van der Waals surface area contributed by atoms with Crippen molar-refractivity contribution in [2.45, 2.75) is 6.92 Å². The number of rotatable bonds is 4. The summed E-state index contributed by atoms with van der Waals surface area (Å²) < 4.78 is 0. The monoisotopic (exact) mass is 155 g/mol. The molecule has 0 aliphatic rings. The van der Waals surface area contributed by atoms with Gasteiger partial charge in [-0.15, -0.1) is 0 Å². The highest BCUT2D eigenvalue weighted by atomic mass is 16.1. The van der Waals surface area contributed by atoms with E-state index in [9.17, 15) is 4.79 Å². The summed E-state index contributed by atoms with van der Waals surface area (Å²) in [4.78, 5) is 10.4. The summed E-state index contributed by atoms with van der Waals surface area (Å²) in [5.41, 5.74) is 0.739. The molecule has 0 atom stereocenters. The first-order valence-electron chi connectivity index (χ1n) is 3.32. The topological polar surface area (TPSA) is 65.0 Å². The third-order valence-electron chi connectivity index (χ3n) is 1.06. The van der Waals surface area contributed by atoms with E-state index in [1.165, 1.54) is 13.1 Å². The molecule has 0 aliphatic heterocycles. The fourth-order valence-corrected chi connectivity index (χ4v) is 0.556. The molecular formula is C7H13N3O. The summed E-state index contributed by atoms with van der Waals surface area (Å²) in [7, 11) is 1.75. The summed E-state index contributed by atoms with van der Waals surface area (Å²) in [6, 6.07) is 0. The number of hydrogen-bond donors (Lipinski definition) is 3. The van der Waals surface area contributed by atoms with Crippen LogP contribution in [0.2, 0.25) is 0 Å². The zero-order valence-corrected chi connectivity index (χ0v) is 6.77.